The van der Waals surface area contributed by atoms with Crippen LogP contribution in [0.1, 0.15) is 27.0 Å². The third-order valence-electron chi connectivity index (χ3n) is 4.38. The lowest BCUT2D eigenvalue weighted by atomic mass is 10.1. The SMILES string of the molecule is Cc1cc(C)cc(C(=O)Nc2cc(-c3nc4cccnc4s3)ccc2C)c1. The van der Waals surface area contributed by atoms with Gasteiger partial charge in [-0.2, -0.15) is 0 Å². The minimum absolute atomic E-state index is 0.104. The molecule has 0 bridgehead atoms. The molecule has 0 aliphatic heterocycles. The van der Waals surface area contributed by atoms with E-state index in [2.05, 4.69) is 21.4 Å². The van der Waals surface area contributed by atoms with Crippen LogP contribution in [0.5, 0.6) is 0 Å². The largest absolute Gasteiger partial charge is 0.322 e. The lowest BCUT2D eigenvalue weighted by Crippen LogP contribution is -2.13. The molecule has 2 aromatic carbocycles. The Kier molecular flexibility index (Phi) is 4.46. The first-order valence-corrected chi connectivity index (χ1v) is 9.53. The fourth-order valence-electron chi connectivity index (χ4n) is 3.08. The molecular weight excluding hydrogens is 354 g/mol. The number of thiazole rings is 1. The van der Waals surface area contributed by atoms with Crippen LogP contribution < -0.4 is 5.32 Å². The summed E-state index contributed by atoms with van der Waals surface area (Å²) in [6.07, 6.45) is 1.77. The maximum absolute atomic E-state index is 12.7. The van der Waals surface area contributed by atoms with Crippen LogP contribution in [0, 0.1) is 20.8 Å². The number of aromatic nitrogens is 2. The average molecular weight is 373 g/mol. The molecule has 1 amide bonds. The molecule has 1 N–H and O–H groups in total. The molecule has 0 unspecified atom stereocenters. The average Bonchev–Trinajstić information content (AvgIpc) is 3.07. The van der Waals surface area contributed by atoms with Crippen LogP contribution in [0.2, 0.25) is 0 Å². The molecule has 0 aliphatic rings. The minimum atomic E-state index is -0.104. The molecule has 4 nitrogen and oxygen atoms in total. The third-order valence-corrected chi connectivity index (χ3v) is 5.41. The van der Waals surface area contributed by atoms with Crippen molar-refractivity contribution in [3.05, 3.63) is 77.0 Å². The number of nitrogens with zero attached hydrogens (tertiary/aromatic N) is 2. The van der Waals surface area contributed by atoms with Gasteiger partial charge in [0.1, 0.15) is 15.4 Å². The van der Waals surface area contributed by atoms with Gasteiger partial charge in [-0.25, -0.2) is 9.97 Å². The van der Waals surface area contributed by atoms with Gasteiger partial charge in [0.25, 0.3) is 5.91 Å². The molecule has 5 heteroatoms. The smallest absolute Gasteiger partial charge is 0.255 e. The van der Waals surface area contributed by atoms with E-state index in [-0.39, 0.29) is 5.91 Å². The summed E-state index contributed by atoms with van der Waals surface area (Å²) >= 11 is 1.55. The van der Waals surface area contributed by atoms with Gasteiger partial charge in [-0.05, 0) is 56.7 Å². The van der Waals surface area contributed by atoms with Crippen LogP contribution in [0.15, 0.2) is 54.7 Å². The summed E-state index contributed by atoms with van der Waals surface area (Å²) in [5.74, 6) is -0.104. The fraction of sp³-hybridized carbons (Fsp3) is 0.136. The number of nitrogens with one attached hydrogen (secondary N) is 1. The number of pyridine rings is 1. The number of fused-ring (bicyclic) bond motifs is 1. The topological polar surface area (TPSA) is 54.9 Å². The highest BCUT2D eigenvalue weighted by atomic mass is 32.1. The van der Waals surface area contributed by atoms with Crippen molar-refractivity contribution in [2.75, 3.05) is 5.32 Å². The lowest BCUT2D eigenvalue weighted by molar-refractivity contribution is 0.102. The number of aryl methyl sites for hydroxylation is 3. The Morgan fingerprint density at radius 3 is 2.52 bits per heavy atom. The molecule has 0 saturated carbocycles. The zero-order valence-corrected chi connectivity index (χ0v) is 16.2. The number of hydrogen-bond acceptors (Lipinski definition) is 4. The normalized spacial score (nSPS) is 10.9. The quantitative estimate of drug-likeness (QED) is 0.513. The zero-order chi connectivity index (χ0) is 19.0. The Hall–Kier alpha value is -3.05. The van der Waals surface area contributed by atoms with E-state index >= 15 is 0 Å². The Bertz CT molecular complexity index is 1110. The number of rotatable bonds is 3. The Balaban J connectivity index is 1.67. The predicted molar refractivity (Wildman–Crippen MR) is 111 cm³/mol. The highest BCUT2D eigenvalue weighted by molar-refractivity contribution is 7.21. The van der Waals surface area contributed by atoms with Crippen molar-refractivity contribution in [1.29, 1.82) is 0 Å². The maximum atomic E-state index is 12.7. The molecule has 134 valence electrons. The van der Waals surface area contributed by atoms with E-state index in [0.29, 0.717) is 5.56 Å². The number of carbonyl (C=O) groups excluding carboxylic acids is 1. The van der Waals surface area contributed by atoms with Crippen molar-refractivity contribution in [3.8, 4) is 10.6 Å². The highest BCUT2D eigenvalue weighted by Gasteiger charge is 2.12. The standard InChI is InChI=1S/C22H19N3OS/c1-13-9-14(2)11-17(10-13)20(26)24-19-12-16(7-6-15(19)3)21-25-18-5-4-8-23-22(18)27-21/h4-12H,1-3H3,(H,24,26). The van der Waals surface area contributed by atoms with Crippen molar-refractivity contribution >= 4 is 33.3 Å². The first-order chi connectivity index (χ1) is 13.0. The fourth-order valence-corrected chi connectivity index (χ4v) is 3.99. The summed E-state index contributed by atoms with van der Waals surface area (Å²) in [5.41, 5.74) is 6.49. The summed E-state index contributed by atoms with van der Waals surface area (Å²) in [6, 6.07) is 15.7. The summed E-state index contributed by atoms with van der Waals surface area (Å²) in [4.78, 5) is 22.7. The monoisotopic (exact) mass is 373 g/mol. The first kappa shape index (κ1) is 17.4. The molecule has 4 rings (SSSR count). The van der Waals surface area contributed by atoms with Crippen molar-refractivity contribution in [1.82, 2.24) is 9.97 Å². The molecular formula is C22H19N3OS. The van der Waals surface area contributed by atoms with Gasteiger partial charge < -0.3 is 5.32 Å². The molecule has 0 radical (unpaired) electrons. The van der Waals surface area contributed by atoms with E-state index in [1.807, 2.05) is 63.2 Å². The van der Waals surface area contributed by atoms with Crippen LogP contribution >= 0.6 is 11.3 Å². The van der Waals surface area contributed by atoms with E-state index in [4.69, 9.17) is 0 Å². The van der Waals surface area contributed by atoms with E-state index in [1.54, 1.807) is 17.5 Å². The highest BCUT2D eigenvalue weighted by Crippen LogP contribution is 2.31. The van der Waals surface area contributed by atoms with Crippen LogP contribution in [0.25, 0.3) is 20.9 Å². The van der Waals surface area contributed by atoms with Crippen molar-refractivity contribution in [2.45, 2.75) is 20.8 Å². The second kappa shape index (κ2) is 6.93. The second-order valence-corrected chi connectivity index (χ2v) is 7.68. The van der Waals surface area contributed by atoms with E-state index in [0.717, 1.165) is 43.3 Å². The first-order valence-electron chi connectivity index (χ1n) is 8.72. The molecule has 27 heavy (non-hydrogen) atoms. The Morgan fingerprint density at radius 2 is 1.78 bits per heavy atom. The van der Waals surface area contributed by atoms with Crippen molar-refractivity contribution in [3.63, 3.8) is 0 Å². The van der Waals surface area contributed by atoms with Gasteiger partial charge in [-0.15, -0.1) is 0 Å². The summed E-state index contributed by atoms with van der Waals surface area (Å²) in [6.45, 7) is 5.98. The van der Waals surface area contributed by atoms with Gasteiger partial charge in [0.15, 0.2) is 0 Å². The van der Waals surface area contributed by atoms with Gasteiger partial charge in [0, 0.05) is 23.0 Å². The number of anilines is 1. The van der Waals surface area contributed by atoms with Gasteiger partial charge in [0.2, 0.25) is 0 Å². The summed E-state index contributed by atoms with van der Waals surface area (Å²) in [7, 11) is 0. The van der Waals surface area contributed by atoms with E-state index in [9.17, 15) is 4.79 Å². The molecule has 0 atom stereocenters. The maximum Gasteiger partial charge on any atom is 0.255 e. The van der Waals surface area contributed by atoms with Gasteiger partial charge >= 0.3 is 0 Å². The molecule has 0 fully saturated rings. The number of carbonyl (C=O) groups is 1. The molecule has 0 aliphatic carbocycles. The molecule has 4 aromatic rings. The van der Waals surface area contributed by atoms with Crippen LogP contribution in [0.3, 0.4) is 0 Å². The number of benzene rings is 2. The molecule has 2 aromatic heterocycles. The number of hydrogen-bond donors (Lipinski definition) is 1. The van der Waals surface area contributed by atoms with Crippen molar-refractivity contribution < 1.29 is 4.79 Å². The zero-order valence-electron chi connectivity index (χ0n) is 15.4. The van der Waals surface area contributed by atoms with Crippen molar-refractivity contribution in [2.24, 2.45) is 0 Å². The number of amides is 1. The van der Waals surface area contributed by atoms with Crippen LogP contribution in [-0.2, 0) is 0 Å². The Morgan fingerprint density at radius 1 is 1.00 bits per heavy atom. The third kappa shape index (κ3) is 3.59. The van der Waals surface area contributed by atoms with E-state index in [1.165, 1.54) is 0 Å². The van der Waals surface area contributed by atoms with Crippen LogP contribution in [-0.4, -0.2) is 15.9 Å². The van der Waals surface area contributed by atoms with Gasteiger partial charge in [-0.3, -0.25) is 4.79 Å². The van der Waals surface area contributed by atoms with Gasteiger partial charge in [-0.1, -0.05) is 40.7 Å². The van der Waals surface area contributed by atoms with E-state index < -0.39 is 0 Å². The summed E-state index contributed by atoms with van der Waals surface area (Å²) < 4.78 is 0. The Labute approximate surface area is 161 Å². The molecule has 0 saturated heterocycles. The lowest BCUT2D eigenvalue weighted by Gasteiger charge is -2.11. The molecule has 0 spiro atoms. The summed E-state index contributed by atoms with van der Waals surface area (Å²) in [5, 5.41) is 3.94. The second-order valence-electron chi connectivity index (χ2n) is 6.71. The predicted octanol–water partition coefficient (Wildman–Crippen LogP) is 5.54. The van der Waals surface area contributed by atoms with Gasteiger partial charge in [0.05, 0.1) is 0 Å². The minimum Gasteiger partial charge on any atom is -0.322 e. The molecule has 2 heterocycles. The van der Waals surface area contributed by atoms with Crippen LogP contribution in [0.4, 0.5) is 5.69 Å².